The fourth-order valence-electron chi connectivity index (χ4n) is 1.93. The molecule has 1 aromatic carbocycles. The summed E-state index contributed by atoms with van der Waals surface area (Å²) in [6, 6.07) is 14.5. The third kappa shape index (κ3) is 6.06. The van der Waals surface area contributed by atoms with Crippen molar-refractivity contribution >= 4 is 22.9 Å². The van der Waals surface area contributed by atoms with Crippen molar-refractivity contribution in [1.29, 1.82) is 0 Å². The minimum absolute atomic E-state index is 0.758. The van der Waals surface area contributed by atoms with Gasteiger partial charge in [0, 0.05) is 24.6 Å². The highest BCUT2D eigenvalue weighted by atomic mass is 35.5. The van der Waals surface area contributed by atoms with Crippen LogP contribution in [0.1, 0.15) is 16.9 Å². The molecule has 0 atom stereocenters. The van der Waals surface area contributed by atoms with Gasteiger partial charge in [-0.1, -0.05) is 41.9 Å². The van der Waals surface area contributed by atoms with Crippen LogP contribution in [0, 0.1) is 0 Å². The minimum Gasteiger partial charge on any atom is -0.380 e. The van der Waals surface area contributed by atoms with E-state index in [1.807, 2.05) is 12.1 Å². The Hall–Kier alpha value is -0.870. The lowest BCUT2D eigenvalue weighted by Crippen LogP contribution is -2.19. The van der Waals surface area contributed by atoms with E-state index in [-0.39, 0.29) is 0 Å². The fraction of sp³-hybridized carbons (Fsp3) is 0.375. The van der Waals surface area contributed by atoms with Crippen LogP contribution >= 0.6 is 22.9 Å². The Kier molecular flexibility index (Phi) is 7.09. The molecule has 0 fully saturated rings. The minimum atomic E-state index is 0.758. The van der Waals surface area contributed by atoms with Gasteiger partial charge >= 0.3 is 0 Å². The van der Waals surface area contributed by atoms with Crippen LogP contribution < -0.4 is 5.32 Å². The van der Waals surface area contributed by atoms with Crippen LogP contribution in [0.2, 0.25) is 4.34 Å². The number of hydrogen-bond acceptors (Lipinski definition) is 3. The standard InChI is InChI=1S/C16H20ClNOS/c17-16-9-8-15(20-16)13-18-10-12-19-11-4-7-14-5-2-1-3-6-14/h1-3,5-6,8-9,18H,4,7,10-13H2. The number of ether oxygens (including phenoxy) is 1. The van der Waals surface area contributed by atoms with Gasteiger partial charge in [-0.3, -0.25) is 0 Å². The van der Waals surface area contributed by atoms with Crippen molar-refractivity contribution in [3.63, 3.8) is 0 Å². The quantitative estimate of drug-likeness (QED) is 0.703. The summed E-state index contributed by atoms with van der Waals surface area (Å²) in [6.45, 7) is 3.32. The summed E-state index contributed by atoms with van der Waals surface area (Å²) in [7, 11) is 0. The Morgan fingerprint density at radius 2 is 1.90 bits per heavy atom. The summed E-state index contributed by atoms with van der Waals surface area (Å²) in [6.07, 6.45) is 2.16. The molecule has 0 saturated heterocycles. The second-order valence-corrected chi connectivity index (χ2v) is 6.38. The maximum atomic E-state index is 5.87. The van der Waals surface area contributed by atoms with Crippen LogP contribution in [0.25, 0.3) is 0 Å². The van der Waals surface area contributed by atoms with Crippen molar-refractivity contribution in [1.82, 2.24) is 5.32 Å². The first kappa shape index (κ1) is 15.5. The first-order chi connectivity index (χ1) is 9.84. The number of nitrogens with one attached hydrogen (secondary N) is 1. The number of hydrogen-bond donors (Lipinski definition) is 1. The molecule has 0 aliphatic carbocycles. The molecule has 4 heteroatoms. The molecule has 2 nitrogen and oxygen atoms in total. The second-order valence-electron chi connectivity index (χ2n) is 4.58. The Bertz CT molecular complexity index is 486. The zero-order chi connectivity index (χ0) is 14.0. The molecule has 0 radical (unpaired) electrons. The number of benzene rings is 1. The van der Waals surface area contributed by atoms with E-state index in [2.05, 4.69) is 35.6 Å². The molecule has 0 spiro atoms. The van der Waals surface area contributed by atoms with Gasteiger partial charge in [-0.05, 0) is 30.5 Å². The zero-order valence-corrected chi connectivity index (χ0v) is 13.1. The maximum Gasteiger partial charge on any atom is 0.0931 e. The Morgan fingerprint density at radius 1 is 1.05 bits per heavy atom. The SMILES string of the molecule is Clc1ccc(CNCCOCCCc2ccccc2)s1. The van der Waals surface area contributed by atoms with Crippen LogP contribution in [0.3, 0.4) is 0 Å². The van der Waals surface area contributed by atoms with Crippen LogP contribution in [-0.2, 0) is 17.7 Å². The summed E-state index contributed by atoms with van der Waals surface area (Å²) in [4.78, 5) is 1.26. The zero-order valence-electron chi connectivity index (χ0n) is 11.5. The van der Waals surface area contributed by atoms with Crippen LogP contribution in [0.15, 0.2) is 42.5 Å². The Labute approximate surface area is 129 Å². The molecule has 0 aliphatic heterocycles. The molecule has 1 heterocycles. The van der Waals surface area contributed by atoms with Crippen LogP contribution in [0.5, 0.6) is 0 Å². The molecule has 1 N–H and O–H groups in total. The van der Waals surface area contributed by atoms with E-state index < -0.39 is 0 Å². The highest BCUT2D eigenvalue weighted by Gasteiger charge is 1.97. The van der Waals surface area contributed by atoms with Crippen molar-refractivity contribution in [2.75, 3.05) is 19.8 Å². The first-order valence-corrected chi connectivity index (χ1v) is 8.10. The van der Waals surface area contributed by atoms with Crippen molar-refractivity contribution in [2.45, 2.75) is 19.4 Å². The lowest BCUT2D eigenvalue weighted by atomic mass is 10.1. The molecule has 20 heavy (non-hydrogen) atoms. The van der Waals surface area contributed by atoms with Gasteiger partial charge in [-0.25, -0.2) is 0 Å². The number of thiophene rings is 1. The summed E-state index contributed by atoms with van der Waals surface area (Å²) < 4.78 is 6.46. The van der Waals surface area contributed by atoms with E-state index in [4.69, 9.17) is 16.3 Å². The summed E-state index contributed by atoms with van der Waals surface area (Å²) in [5.41, 5.74) is 1.38. The average Bonchev–Trinajstić information content (AvgIpc) is 2.88. The topological polar surface area (TPSA) is 21.3 Å². The highest BCUT2D eigenvalue weighted by molar-refractivity contribution is 7.16. The van der Waals surface area contributed by atoms with E-state index in [0.29, 0.717) is 0 Å². The van der Waals surface area contributed by atoms with Gasteiger partial charge in [0.05, 0.1) is 10.9 Å². The summed E-state index contributed by atoms with van der Waals surface area (Å²) >= 11 is 7.49. The second kappa shape index (κ2) is 9.14. The summed E-state index contributed by atoms with van der Waals surface area (Å²) in [5.74, 6) is 0. The van der Waals surface area contributed by atoms with Crippen LogP contribution in [0.4, 0.5) is 0 Å². The van der Waals surface area contributed by atoms with Crippen molar-refractivity contribution < 1.29 is 4.74 Å². The summed E-state index contributed by atoms with van der Waals surface area (Å²) in [5, 5.41) is 3.35. The number of rotatable bonds is 9. The first-order valence-electron chi connectivity index (χ1n) is 6.91. The molecular weight excluding hydrogens is 290 g/mol. The van der Waals surface area contributed by atoms with Crippen molar-refractivity contribution in [2.24, 2.45) is 0 Å². The van der Waals surface area contributed by atoms with E-state index in [0.717, 1.165) is 43.5 Å². The molecule has 0 saturated carbocycles. The van der Waals surface area contributed by atoms with Gasteiger partial charge in [0.2, 0.25) is 0 Å². The van der Waals surface area contributed by atoms with Gasteiger partial charge in [-0.2, -0.15) is 0 Å². The molecule has 2 aromatic rings. The van der Waals surface area contributed by atoms with Gasteiger partial charge < -0.3 is 10.1 Å². The maximum absolute atomic E-state index is 5.87. The van der Waals surface area contributed by atoms with E-state index in [1.54, 1.807) is 11.3 Å². The highest BCUT2D eigenvalue weighted by Crippen LogP contribution is 2.20. The molecule has 0 amide bonds. The molecule has 0 unspecified atom stereocenters. The molecule has 108 valence electrons. The van der Waals surface area contributed by atoms with Gasteiger partial charge in [0.1, 0.15) is 0 Å². The lowest BCUT2D eigenvalue weighted by Gasteiger charge is -2.05. The Balaban J connectivity index is 1.44. The fourth-order valence-corrected chi connectivity index (χ4v) is 2.98. The third-order valence-corrected chi connectivity index (χ3v) is 4.18. The number of halogens is 1. The molecule has 0 bridgehead atoms. The van der Waals surface area contributed by atoms with Crippen molar-refractivity contribution in [3.05, 3.63) is 57.2 Å². The monoisotopic (exact) mass is 309 g/mol. The van der Waals surface area contributed by atoms with Crippen LogP contribution in [-0.4, -0.2) is 19.8 Å². The molecular formula is C16H20ClNOS. The predicted octanol–water partition coefficient (Wildman–Crippen LogP) is 4.14. The molecule has 2 rings (SSSR count). The largest absolute Gasteiger partial charge is 0.380 e. The van der Waals surface area contributed by atoms with Gasteiger partial charge in [-0.15, -0.1) is 11.3 Å². The van der Waals surface area contributed by atoms with Crippen molar-refractivity contribution in [3.8, 4) is 0 Å². The predicted molar refractivity (Wildman–Crippen MR) is 86.6 cm³/mol. The molecule has 0 aliphatic rings. The van der Waals surface area contributed by atoms with E-state index in [1.165, 1.54) is 10.4 Å². The average molecular weight is 310 g/mol. The lowest BCUT2D eigenvalue weighted by molar-refractivity contribution is 0.133. The molecule has 1 aromatic heterocycles. The Morgan fingerprint density at radius 3 is 2.65 bits per heavy atom. The van der Waals surface area contributed by atoms with E-state index in [9.17, 15) is 0 Å². The number of aryl methyl sites for hydroxylation is 1. The van der Waals surface area contributed by atoms with Gasteiger partial charge in [0.15, 0.2) is 0 Å². The normalized spacial score (nSPS) is 10.8. The third-order valence-electron chi connectivity index (χ3n) is 2.95. The van der Waals surface area contributed by atoms with E-state index >= 15 is 0 Å². The van der Waals surface area contributed by atoms with Gasteiger partial charge in [0.25, 0.3) is 0 Å². The smallest absolute Gasteiger partial charge is 0.0931 e.